The Labute approximate surface area is 201 Å². The van der Waals surface area contributed by atoms with Gasteiger partial charge in [-0.15, -0.1) is 0 Å². The summed E-state index contributed by atoms with van der Waals surface area (Å²) in [5.74, 6) is 0.0950. The van der Waals surface area contributed by atoms with Crippen LogP contribution in [0.2, 0.25) is 0 Å². The van der Waals surface area contributed by atoms with Gasteiger partial charge in [-0.1, -0.05) is 54.6 Å². The van der Waals surface area contributed by atoms with Crippen molar-refractivity contribution in [1.82, 2.24) is 20.1 Å². The zero-order chi connectivity index (χ0) is 23.9. The van der Waals surface area contributed by atoms with Crippen LogP contribution in [0.25, 0.3) is 21.7 Å². The summed E-state index contributed by atoms with van der Waals surface area (Å²) in [7, 11) is 0. The molecule has 2 aliphatic heterocycles. The van der Waals surface area contributed by atoms with Gasteiger partial charge < -0.3 is 24.8 Å². The number of rotatable bonds is 3. The summed E-state index contributed by atoms with van der Waals surface area (Å²) in [4.78, 5) is 45.5. The third kappa shape index (κ3) is 3.77. The molecule has 2 fully saturated rings. The molecule has 0 aliphatic carbocycles. The van der Waals surface area contributed by atoms with E-state index in [2.05, 4.69) is 10.3 Å². The summed E-state index contributed by atoms with van der Waals surface area (Å²) >= 11 is 0. The van der Waals surface area contributed by atoms with Gasteiger partial charge in [0, 0.05) is 42.0 Å². The molecule has 3 amide bonds. The zero-order valence-corrected chi connectivity index (χ0v) is 18.9. The number of benzene rings is 3. The quantitative estimate of drug-likeness (QED) is 0.483. The van der Waals surface area contributed by atoms with Crippen LogP contribution in [0.3, 0.4) is 0 Å². The van der Waals surface area contributed by atoms with Crippen LogP contribution in [0.5, 0.6) is 5.75 Å². The topological polar surface area (TPSA) is 94.7 Å². The van der Waals surface area contributed by atoms with Crippen LogP contribution in [0, 0.1) is 0 Å². The molecule has 2 N–H and O–H groups in total. The molecule has 176 valence electrons. The minimum Gasteiger partial charge on any atom is -0.410 e. The second-order valence-corrected chi connectivity index (χ2v) is 8.96. The number of nitrogens with one attached hydrogen (secondary N) is 2. The number of H-pyrrole nitrogens is 1. The molecular formula is C27H24N4O4. The Bertz CT molecular complexity index is 1460. The van der Waals surface area contributed by atoms with Crippen molar-refractivity contribution in [3.63, 3.8) is 0 Å². The first-order valence-electron chi connectivity index (χ1n) is 11.7. The third-order valence-corrected chi connectivity index (χ3v) is 6.88. The number of hydrogen-bond acceptors (Lipinski definition) is 4. The number of ether oxygens (including phenoxy) is 1. The number of fused-ring (bicyclic) bond motifs is 3. The van der Waals surface area contributed by atoms with Crippen LogP contribution in [0.4, 0.5) is 4.79 Å². The molecule has 2 aliphatic rings. The average molecular weight is 469 g/mol. The highest BCUT2D eigenvalue weighted by Gasteiger charge is 2.44. The number of piperazine rings is 2. The van der Waals surface area contributed by atoms with E-state index >= 15 is 0 Å². The first-order valence-corrected chi connectivity index (χ1v) is 11.7. The molecule has 4 aromatic rings. The Balaban J connectivity index is 1.15. The van der Waals surface area contributed by atoms with Gasteiger partial charge in [0.25, 0.3) is 0 Å². The fourth-order valence-corrected chi connectivity index (χ4v) is 5.07. The van der Waals surface area contributed by atoms with E-state index in [0.29, 0.717) is 18.7 Å². The maximum absolute atomic E-state index is 13.2. The second-order valence-electron chi connectivity index (χ2n) is 8.96. The number of carbonyl (C=O) groups excluding carboxylic acids is 3. The Morgan fingerprint density at radius 1 is 0.943 bits per heavy atom. The Morgan fingerprint density at radius 2 is 1.71 bits per heavy atom. The SMILES string of the molecule is O=C1N[C@@H](Cc2c[nH]c3ccccc23)C(=O)N2CCN(C(=O)Oc3cccc4ccccc34)C[C@H]12. The Hall–Kier alpha value is -4.33. The van der Waals surface area contributed by atoms with Gasteiger partial charge in [-0.2, -0.15) is 0 Å². The highest BCUT2D eigenvalue weighted by atomic mass is 16.6. The van der Waals surface area contributed by atoms with Crippen molar-refractivity contribution >= 4 is 39.6 Å². The molecule has 3 heterocycles. The normalized spacial score (nSPS) is 20.1. The highest BCUT2D eigenvalue weighted by molar-refractivity contribution is 5.98. The smallest absolute Gasteiger partial charge is 0.410 e. The lowest BCUT2D eigenvalue weighted by molar-refractivity contribution is -0.152. The molecule has 0 spiro atoms. The molecule has 35 heavy (non-hydrogen) atoms. The second kappa shape index (κ2) is 8.47. The number of nitrogens with zero attached hydrogens (tertiary/aromatic N) is 2. The van der Waals surface area contributed by atoms with Crippen molar-refractivity contribution in [3.05, 3.63) is 78.5 Å². The van der Waals surface area contributed by atoms with Crippen LogP contribution in [-0.4, -0.2) is 64.4 Å². The minimum atomic E-state index is -0.726. The molecule has 0 radical (unpaired) electrons. The predicted molar refractivity (Wildman–Crippen MR) is 131 cm³/mol. The van der Waals surface area contributed by atoms with Gasteiger partial charge in [0.05, 0.1) is 6.54 Å². The lowest BCUT2D eigenvalue weighted by Crippen LogP contribution is -2.70. The molecule has 8 nitrogen and oxygen atoms in total. The fraction of sp³-hybridized carbons (Fsp3) is 0.222. The molecule has 6 rings (SSSR count). The molecule has 8 heteroatoms. The van der Waals surface area contributed by atoms with E-state index in [-0.39, 0.29) is 24.9 Å². The molecule has 0 bridgehead atoms. The largest absolute Gasteiger partial charge is 0.415 e. The summed E-state index contributed by atoms with van der Waals surface area (Å²) in [5, 5.41) is 5.73. The van der Waals surface area contributed by atoms with Crippen molar-refractivity contribution in [2.75, 3.05) is 19.6 Å². The molecule has 0 unspecified atom stereocenters. The van der Waals surface area contributed by atoms with E-state index in [0.717, 1.165) is 27.2 Å². The standard InChI is InChI=1S/C27H24N4O4/c32-25-23-16-30(27(34)35-24-11-5-7-17-6-1-2-9-20(17)24)12-13-31(23)26(33)22(29-25)14-18-15-28-21-10-4-3-8-19(18)21/h1-11,15,22-23,28H,12-14,16H2,(H,29,32)/t22-,23+/m0/s1. The van der Waals surface area contributed by atoms with Gasteiger partial charge in [0.2, 0.25) is 11.8 Å². The van der Waals surface area contributed by atoms with Gasteiger partial charge in [0.15, 0.2) is 0 Å². The first-order chi connectivity index (χ1) is 17.1. The van der Waals surface area contributed by atoms with Crippen LogP contribution < -0.4 is 10.1 Å². The van der Waals surface area contributed by atoms with E-state index in [9.17, 15) is 14.4 Å². The molecule has 1 aromatic heterocycles. The van der Waals surface area contributed by atoms with Crippen LogP contribution in [0.1, 0.15) is 5.56 Å². The van der Waals surface area contributed by atoms with E-state index in [4.69, 9.17) is 4.74 Å². The van der Waals surface area contributed by atoms with Gasteiger partial charge in [0.1, 0.15) is 17.8 Å². The third-order valence-electron chi connectivity index (χ3n) is 6.88. The van der Waals surface area contributed by atoms with Crippen molar-refractivity contribution in [1.29, 1.82) is 0 Å². The number of aromatic nitrogens is 1. The van der Waals surface area contributed by atoms with Crippen molar-refractivity contribution < 1.29 is 19.1 Å². The Morgan fingerprint density at radius 3 is 2.60 bits per heavy atom. The van der Waals surface area contributed by atoms with Gasteiger partial charge >= 0.3 is 6.09 Å². The predicted octanol–water partition coefficient (Wildman–Crippen LogP) is 3.07. The molecular weight excluding hydrogens is 444 g/mol. The van der Waals surface area contributed by atoms with Gasteiger partial charge in [-0.25, -0.2) is 4.79 Å². The van der Waals surface area contributed by atoms with Crippen LogP contribution >= 0.6 is 0 Å². The summed E-state index contributed by atoms with van der Waals surface area (Å²) < 4.78 is 5.69. The Kier molecular flexibility index (Phi) is 5.13. The van der Waals surface area contributed by atoms with E-state index in [1.54, 1.807) is 11.0 Å². The van der Waals surface area contributed by atoms with Crippen LogP contribution in [-0.2, 0) is 16.0 Å². The lowest BCUT2D eigenvalue weighted by Gasteiger charge is -2.44. The van der Waals surface area contributed by atoms with Crippen molar-refractivity contribution in [2.24, 2.45) is 0 Å². The maximum Gasteiger partial charge on any atom is 0.415 e. The summed E-state index contributed by atoms with van der Waals surface area (Å²) in [6, 6.07) is 19.7. The maximum atomic E-state index is 13.2. The molecule has 2 saturated heterocycles. The van der Waals surface area contributed by atoms with E-state index in [1.807, 2.05) is 66.9 Å². The number of aromatic amines is 1. The molecule has 0 saturated carbocycles. The number of hydrogen-bond donors (Lipinski definition) is 2. The van der Waals surface area contributed by atoms with Crippen molar-refractivity contribution in [3.8, 4) is 5.75 Å². The summed E-state index contributed by atoms with van der Waals surface area (Å²) in [6.07, 6.45) is 1.77. The first kappa shape index (κ1) is 21.2. The van der Waals surface area contributed by atoms with E-state index in [1.165, 1.54) is 4.90 Å². The molecule has 2 atom stereocenters. The fourth-order valence-electron chi connectivity index (χ4n) is 5.07. The number of para-hydroxylation sites is 1. The van der Waals surface area contributed by atoms with E-state index < -0.39 is 18.2 Å². The van der Waals surface area contributed by atoms with Gasteiger partial charge in [-0.3, -0.25) is 9.59 Å². The minimum absolute atomic E-state index is 0.0982. The number of amides is 3. The van der Waals surface area contributed by atoms with Crippen LogP contribution in [0.15, 0.2) is 72.9 Å². The van der Waals surface area contributed by atoms with Crippen molar-refractivity contribution in [2.45, 2.75) is 18.5 Å². The highest BCUT2D eigenvalue weighted by Crippen LogP contribution is 2.27. The molecule has 3 aromatic carbocycles. The number of carbonyl (C=O) groups is 3. The summed E-state index contributed by atoms with van der Waals surface area (Å²) in [6.45, 7) is 0.686. The average Bonchev–Trinajstić information content (AvgIpc) is 3.30. The van der Waals surface area contributed by atoms with Gasteiger partial charge in [-0.05, 0) is 23.1 Å². The zero-order valence-electron chi connectivity index (χ0n) is 18.9. The monoisotopic (exact) mass is 468 g/mol. The summed E-state index contributed by atoms with van der Waals surface area (Å²) in [5.41, 5.74) is 1.98. The lowest BCUT2D eigenvalue weighted by atomic mass is 9.98.